The summed E-state index contributed by atoms with van der Waals surface area (Å²) in [5, 5.41) is 2.87. The maximum atomic E-state index is 12.9. The highest BCUT2D eigenvalue weighted by Crippen LogP contribution is 2.28. The van der Waals surface area contributed by atoms with Crippen molar-refractivity contribution in [2.24, 2.45) is 5.92 Å². The Hall–Kier alpha value is -2.23. The molecule has 31 heavy (non-hydrogen) atoms. The Labute approximate surface area is 187 Å². The minimum atomic E-state index is -0.270. The van der Waals surface area contributed by atoms with Gasteiger partial charge in [-0.15, -0.1) is 0 Å². The molecule has 1 atom stereocenters. The van der Waals surface area contributed by atoms with E-state index in [1.165, 1.54) is 50.7 Å². The number of benzene rings is 1. The molecule has 0 heterocycles. The Bertz CT molecular complexity index is 736. The summed E-state index contributed by atoms with van der Waals surface area (Å²) in [6.07, 6.45) is 18.9. The smallest absolute Gasteiger partial charge is 0.220 e. The average Bonchev–Trinajstić information content (AvgIpc) is 3.12. The summed E-state index contributed by atoms with van der Waals surface area (Å²) in [6.45, 7) is 2.66. The molecule has 1 amide bonds. The number of rotatable bonds is 15. The van der Waals surface area contributed by atoms with E-state index < -0.39 is 0 Å². The van der Waals surface area contributed by atoms with Crippen molar-refractivity contribution in [3.63, 3.8) is 0 Å². The van der Waals surface area contributed by atoms with E-state index in [1.807, 2.05) is 0 Å². The molecule has 1 aliphatic carbocycles. The lowest BCUT2D eigenvalue weighted by atomic mass is 9.94. The summed E-state index contributed by atoms with van der Waals surface area (Å²) in [4.78, 5) is 24.1. The van der Waals surface area contributed by atoms with Crippen LogP contribution in [0.25, 0.3) is 0 Å². The van der Waals surface area contributed by atoms with E-state index in [-0.39, 0.29) is 17.5 Å². The number of allylic oxidation sites excluding steroid dienone is 4. The largest absolute Gasteiger partial charge is 0.352 e. The van der Waals surface area contributed by atoms with Crippen LogP contribution in [0.3, 0.4) is 0 Å². The number of unbranched alkanes of at least 4 members (excludes halogenated alkanes) is 8. The molecule has 0 bridgehead atoms. The van der Waals surface area contributed by atoms with Crippen LogP contribution in [0, 0.1) is 11.7 Å². The first-order valence-electron chi connectivity index (χ1n) is 12.0. The molecule has 1 aliphatic rings. The van der Waals surface area contributed by atoms with E-state index in [0.29, 0.717) is 18.9 Å². The zero-order valence-corrected chi connectivity index (χ0v) is 19.0. The molecule has 0 aliphatic heterocycles. The summed E-state index contributed by atoms with van der Waals surface area (Å²) < 4.78 is 12.9. The summed E-state index contributed by atoms with van der Waals surface area (Å²) >= 11 is 0. The van der Waals surface area contributed by atoms with Gasteiger partial charge >= 0.3 is 0 Å². The second-order valence-electron chi connectivity index (χ2n) is 8.55. The zero-order valence-electron chi connectivity index (χ0n) is 19.0. The zero-order chi connectivity index (χ0) is 22.3. The number of amides is 1. The van der Waals surface area contributed by atoms with E-state index in [2.05, 4.69) is 24.4 Å². The number of ketones is 1. The van der Waals surface area contributed by atoms with Crippen LogP contribution in [-0.2, 0) is 16.1 Å². The summed E-state index contributed by atoms with van der Waals surface area (Å²) in [5.41, 5.74) is 1.87. The number of nitrogens with one attached hydrogen (secondary N) is 1. The van der Waals surface area contributed by atoms with Crippen LogP contribution in [0.1, 0.15) is 89.5 Å². The van der Waals surface area contributed by atoms with Crippen molar-refractivity contribution in [2.45, 2.75) is 90.5 Å². The van der Waals surface area contributed by atoms with Crippen molar-refractivity contribution in [3.8, 4) is 0 Å². The van der Waals surface area contributed by atoms with Gasteiger partial charge in [-0.3, -0.25) is 9.59 Å². The molecule has 0 unspecified atom stereocenters. The molecule has 4 heteroatoms. The van der Waals surface area contributed by atoms with Crippen LogP contribution < -0.4 is 5.32 Å². The molecule has 170 valence electrons. The Kier molecular flexibility index (Phi) is 11.9. The lowest BCUT2D eigenvalue weighted by molar-refractivity contribution is -0.121. The molecule has 1 N–H and O–H groups in total. The van der Waals surface area contributed by atoms with Crippen molar-refractivity contribution < 1.29 is 14.0 Å². The van der Waals surface area contributed by atoms with E-state index >= 15 is 0 Å². The Morgan fingerprint density at radius 3 is 2.48 bits per heavy atom. The maximum Gasteiger partial charge on any atom is 0.220 e. The normalized spacial score (nSPS) is 16.9. The first kappa shape index (κ1) is 25.0. The molecule has 3 nitrogen and oxygen atoms in total. The highest BCUT2D eigenvalue weighted by molar-refractivity contribution is 6.07. The third-order valence-corrected chi connectivity index (χ3v) is 5.91. The number of hydrogen-bond donors (Lipinski definition) is 1. The lowest BCUT2D eigenvalue weighted by Gasteiger charge is -2.10. The Morgan fingerprint density at radius 1 is 1.00 bits per heavy atom. The number of carbonyl (C=O) groups is 2. The molecule has 0 fully saturated rings. The highest BCUT2D eigenvalue weighted by Gasteiger charge is 2.21. The van der Waals surface area contributed by atoms with Gasteiger partial charge in [0.15, 0.2) is 5.78 Å². The fraction of sp³-hybridized carbons (Fsp3) is 0.556. The third-order valence-electron chi connectivity index (χ3n) is 5.91. The van der Waals surface area contributed by atoms with Crippen molar-refractivity contribution >= 4 is 11.7 Å². The summed E-state index contributed by atoms with van der Waals surface area (Å²) in [6, 6.07) is 6.17. The Morgan fingerprint density at radius 2 is 1.71 bits per heavy atom. The van der Waals surface area contributed by atoms with Crippen molar-refractivity contribution in [1.82, 2.24) is 5.32 Å². The predicted molar refractivity (Wildman–Crippen MR) is 125 cm³/mol. The number of hydrogen-bond acceptors (Lipinski definition) is 2. The second-order valence-corrected chi connectivity index (χ2v) is 8.55. The quantitative estimate of drug-likeness (QED) is 0.246. The molecular weight excluding hydrogens is 389 g/mol. The molecule has 2 rings (SSSR count). The van der Waals surface area contributed by atoms with Gasteiger partial charge in [-0.1, -0.05) is 76.2 Å². The van der Waals surface area contributed by atoms with Crippen molar-refractivity contribution in [3.05, 3.63) is 59.4 Å². The fourth-order valence-corrected chi connectivity index (χ4v) is 3.99. The van der Waals surface area contributed by atoms with Gasteiger partial charge in [0.1, 0.15) is 5.82 Å². The van der Waals surface area contributed by atoms with E-state index in [9.17, 15) is 14.0 Å². The lowest BCUT2D eigenvalue weighted by Crippen LogP contribution is -2.22. The molecule has 0 aromatic heterocycles. The third kappa shape index (κ3) is 10.1. The minimum absolute atomic E-state index is 0.0249. The molecular formula is C27H38FNO2. The Balaban J connectivity index is 1.56. The second kappa shape index (κ2) is 14.7. The first-order chi connectivity index (χ1) is 15.1. The van der Waals surface area contributed by atoms with Crippen LogP contribution in [-0.4, -0.2) is 11.7 Å². The van der Waals surface area contributed by atoms with Gasteiger partial charge in [-0.2, -0.15) is 0 Å². The van der Waals surface area contributed by atoms with Gasteiger partial charge in [0.05, 0.1) is 0 Å². The van der Waals surface area contributed by atoms with Gasteiger partial charge in [0.2, 0.25) is 5.91 Å². The van der Waals surface area contributed by atoms with E-state index in [4.69, 9.17) is 0 Å². The fourth-order valence-electron chi connectivity index (χ4n) is 3.99. The van der Waals surface area contributed by atoms with Gasteiger partial charge in [-0.25, -0.2) is 4.39 Å². The molecule has 0 spiro atoms. The van der Waals surface area contributed by atoms with Crippen LogP contribution in [0.4, 0.5) is 4.39 Å². The van der Waals surface area contributed by atoms with Gasteiger partial charge < -0.3 is 5.32 Å². The molecule has 0 saturated heterocycles. The summed E-state index contributed by atoms with van der Waals surface area (Å²) in [7, 11) is 0. The van der Waals surface area contributed by atoms with Crippen LogP contribution in [0.2, 0.25) is 0 Å². The molecule has 1 aromatic carbocycles. The summed E-state index contributed by atoms with van der Waals surface area (Å²) in [5.74, 6) is 0.234. The van der Waals surface area contributed by atoms with Gasteiger partial charge in [0, 0.05) is 24.5 Å². The topological polar surface area (TPSA) is 46.2 Å². The predicted octanol–water partition coefficient (Wildman–Crippen LogP) is 6.82. The molecule has 1 aromatic rings. The van der Waals surface area contributed by atoms with Crippen LogP contribution in [0.5, 0.6) is 0 Å². The minimum Gasteiger partial charge on any atom is -0.352 e. The van der Waals surface area contributed by atoms with Crippen LogP contribution >= 0.6 is 0 Å². The highest BCUT2D eigenvalue weighted by atomic mass is 19.1. The van der Waals surface area contributed by atoms with Crippen molar-refractivity contribution in [1.29, 1.82) is 0 Å². The monoisotopic (exact) mass is 427 g/mol. The first-order valence-corrected chi connectivity index (χ1v) is 12.0. The maximum absolute atomic E-state index is 12.9. The molecule has 0 saturated carbocycles. The van der Waals surface area contributed by atoms with Gasteiger partial charge in [0.25, 0.3) is 0 Å². The van der Waals surface area contributed by atoms with E-state index in [0.717, 1.165) is 43.2 Å². The van der Waals surface area contributed by atoms with E-state index in [1.54, 1.807) is 18.2 Å². The standard InChI is InChI=1S/C27H38FNO2/c1-2-3-4-5-6-9-12-23-17-20-26(30)25(23)13-10-7-8-11-14-27(31)29-21-22-15-18-24(28)19-16-22/h13,15-20,23H,2-12,14,21H2,1H3,(H,29,31)/b25-13+/t23-/m0/s1. The van der Waals surface area contributed by atoms with Crippen molar-refractivity contribution in [2.75, 3.05) is 0 Å². The number of carbonyl (C=O) groups excluding carboxylic acids is 2. The van der Waals surface area contributed by atoms with Gasteiger partial charge in [-0.05, 0) is 49.5 Å². The average molecular weight is 428 g/mol. The van der Waals surface area contributed by atoms with Crippen LogP contribution in [0.15, 0.2) is 48.1 Å². The number of halogens is 1. The SMILES string of the molecule is CCCCCCCC[C@H]1C=CC(=O)/C1=C/CCCCCC(=O)NCc1ccc(F)cc1. The molecule has 0 radical (unpaired) electrons.